The van der Waals surface area contributed by atoms with Gasteiger partial charge in [0.2, 0.25) is 0 Å². The summed E-state index contributed by atoms with van der Waals surface area (Å²) in [5.74, 6) is 2.93. The Labute approximate surface area is 94.3 Å². The summed E-state index contributed by atoms with van der Waals surface area (Å²) < 4.78 is 0. The van der Waals surface area contributed by atoms with E-state index in [0.29, 0.717) is 5.25 Å². The fourth-order valence-electron chi connectivity index (χ4n) is 3.48. The van der Waals surface area contributed by atoms with Crippen molar-refractivity contribution in [3.63, 3.8) is 0 Å². The molecular weight excluding hydrogens is 188 g/mol. The summed E-state index contributed by atoms with van der Waals surface area (Å²) in [4.78, 5) is 0. The normalized spacial score (nSPS) is 41.1. The first kappa shape index (κ1) is 10.9. The van der Waals surface area contributed by atoms with Crippen LogP contribution in [0.5, 0.6) is 0 Å². The first-order chi connectivity index (χ1) is 6.77. The maximum atomic E-state index is 4.81. The summed E-state index contributed by atoms with van der Waals surface area (Å²) in [5.41, 5.74) is 0. The summed E-state index contributed by atoms with van der Waals surface area (Å²) in [6.07, 6.45) is 11.7. The minimum absolute atomic E-state index is 0.717. The van der Waals surface area contributed by atoms with Crippen LogP contribution in [0, 0.1) is 17.8 Å². The van der Waals surface area contributed by atoms with Gasteiger partial charge in [0.15, 0.2) is 0 Å². The molecule has 1 heteroatoms. The van der Waals surface area contributed by atoms with E-state index in [1.54, 1.807) is 0 Å². The van der Waals surface area contributed by atoms with Gasteiger partial charge >= 0.3 is 0 Å². The van der Waals surface area contributed by atoms with Gasteiger partial charge in [-0.25, -0.2) is 0 Å². The van der Waals surface area contributed by atoms with Gasteiger partial charge < -0.3 is 0 Å². The van der Waals surface area contributed by atoms with Gasteiger partial charge in [0.1, 0.15) is 0 Å². The number of thiol groups is 1. The van der Waals surface area contributed by atoms with E-state index in [0.717, 1.165) is 17.8 Å². The molecule has 0 aromatic heterocycles. The van der Waals surface area contributed by atoms with Crippen LogP contribution in [0.1, 0.15) is 58.3 Å². The highest BCUT2D eigenvalue weighted by Crippen LogP contribution is 2.42. The molecule has 0 N–H and O–H groups in total. The average molecular weight is 212 g/mol. The molecule has 0 spiro atoms. The van der Waals surface area contributed by atoms with E-state index in [4.69, 9.17) is 12.6 Å². The van der Waals surface area contributed by atoms with Gasteiger partial charge in [-0.05, 0) is 37.0 Å². The highest BCUT2D eigenvalue weighted by atomic mass is 32.1. The SMILES string of the molecule is CC1CCC(S)C(C2CCCCC2)C1. The van der Waals surface area contributed by atoms with Crippen molar-refractivity contribution in [3.8, 4) is 0 Å². The number of rotatable bonds is 1. The smallest absolute Gasteiger partial charge is 0.00479 e. The van der Waals surface area contributed by atoms with Crippen LogP contribution in [0.25, 0.3) is 0 Å². The standard InChI is InChI=1S/C13H24S/c1-10-7-8-13(14)12(9-10)11-5-3-2-4-6-11/h10-14H,2-9H2,1H3. The van der Waals surface area contributed by atoms with Gasteiger partial charge in [-0.3, -0.25) is 0 Å². The van der Waals surface area contributed by atoms with Gasteiger partial charge in [-0.1, -0.05) is 39.0 Å². The average Bonchev–Trinajstić information content (AvgIpc) is 2.23. The van der Waals surface area contributed by atoms with Crippen LogP contribution in [0.2, 0.25) is 0 Å². The van der Waals surface area contributed by atoms with E-state index in [2.05, 4.69) is 6.92 Å². The van der Waals surface area contributed by atoms with Crippen LogP contribution in [0.15, 0.2) is 0 Å². The first-order valence-electron chi connectivity index (χ1n) is 6.45. The molecule has 2 aliphatic rings. The fourth-order valence-corrected chi connectivity index (χ4v) is 3.99. The third-order valence-electron chi connectivity index (χ3n) is 4.38. The third-order valence-corrected chi connectivity index (χ3v) is 5.02. The van der Waals surface area contributed by atoms with Crippen molar-refractivity contribution in [2.24, 2.45) is 17.8 Å². The molecule has 0 heterocycles. The molecule has 2 aliphatic carbocycles. The molecule has 2 fully saturated rings. The van der Waals surface area contributed by atoms with E-state index < -0.39 is 0 Å². The molecule has 0 nitrogen and oxygen atoms in total. The quantitative estimate of drug-likeness (QED) is 0.616. The molecule has 2 rings (SSSR count). The van der Waals surface area contributed by atoms with Crippen molar-refractivity contribution in [2.45, 2.75) is 63.5 Å². The summed E-state index contributed by atoms with van der Waals surface area (Å²) >= 11 is 4.81. The third kappa shape index (κ3) is 2.48. The van der Waals surface area contributed by atoms with Crippen LogP contribution < -0.4 is 0 Å². The Hall–Kier alpha value is 0.350. The molecular formula is C13H24S. The van der Waals surface area contributed by atoms with E-state index in [-0.39, 0.29) is 0 Å². The topological polar surface area (TPSA) is 0 Å². The number of hydrogen-bond donors (Lipinski definition) is 1. The van der Waals surface area contributed by atoms with Crippen molar-refractivity contribution in [1.82, 2.24) is 0 Å². The van der Waals surface area contributed by atoms with Crippen molar-refractivity contribution in [3.05, 3.63) is 0 Å². The van der Waals surface area contributed by atoms with Crippen LogP contribution in [-0.2, 0) is 0 Å². The molecule has 0 aliphatic heterocycles. The van der Waals surface area contributed by atoms with Crippen LogP contribution in [-0.4, -0.2) is 5.25 Å². The van der Waals surface area contributed by atoms with Crippen molar-refractivity contribution in [1.29, 1.82) is 0 Å². The fraction of sp³-hybridized carbons (Fsp3) is 1.00. The highest BCUT2D eigenvalue weighted by molar-refractivity contribution is 7.81. The Morgan fingerprint density at radius 2 is 1.64 bits per heavy atom. The van der Waals surface area contributed by atoms with Gasteiger partial charge in [-0.2, -0.15) is 12.6 Å². The minimum Gasteiger partial charge on any atom is -0.176 e. The Balaban J connectivity index is 1.92. The van der Waals surface area contributed by atoms with E-state index in [1.807, 2.05) is 0 Å². The van der Waals surface area contributed by atoms with Gasteiger partial charge in [0.05, 0.1) is 0 Å². The summed E-state index contributed by atoms with van der Waals surface area (Å²) in [7, 11) is 0. The molecule has 3 unspecified atom stereocenters. The zero-order chi connectivity index (χ0) is 9.97. The Bertz CT molecular complexity index is 172. The Kier molecular flexibility index (Phi) is 3.81. The zero-order valence-electron chi connectivity index (χ0n) is 9.41. The molecule has 0 aromatic carbocycles. The molecule has 2 saturated carbocycles. The Morgan fingerprint density at radius 3 is 2.36 bits per heavy atom. The van der Waals surface area contributed by atoms with Gasteiger partial charge in [-0.15, -0.1) is 0 Å². The molecule has 14 heavy (non-hydrogen) atoms. The molecule has 0 saturated heterocycles. The summed E-state index contributed by atoms with van der Waals surface area (Å²) in [6.45, 7) is 2.43. The second-order valence-corrected chi connectivity index (χ2v) is 6.21. The van der Waals surface area contributed by atoms with Crippen LogP contribution >= 0.6 is 12.6 Å². The first-order valence-corrected chi connectivity index (χ1v) is 6.97. The lowest BCUT2D eigenvalue weighted by Crippen LogP contribution is -2.31. The van der Waals surface area contributed by atoms with Crippen LogP contribution in [0.4, 0.5) is 0 Å². The number of hydrogen-bond acceptors (Lipinski definition) is 1. The molecule has 0 radical (unpaired) electrons. The minimum atomic E-state index is 0.717. The van der Waals surface area contributed by atoms with E-state index in [9.17, 15) is 0 Å². The molecule has 0 aromatic rings. The summed E-state index contributed by atoms with van der Waals surface area (Å²) in [5, 5.41) is 0.717. The zero-order valence-corrected chi connectivity index (χ0v) is 10.3. The predicted molar refractivity (Wildman–Crippen MR) is 65.9 cm³/mol. The highest BCUT2D eigenvalue weighted by Gasteiger charge is 2.32. The van der Waals surface area contributed by atoms with Crippen molar-refractivity contribution in [2.75, 3.05) is 0 Å². The monoisotopic (exact) mass is 212 g/mol. The maximum absolute atomic E-state index is 4.81. The van der Waals surface area contributed by atoms with E-state index in [1.165, 1.54) is 51.4 Å². The van der Waals surface area contributed by atoms with Crippen molar-refractivity contribution < 1.29 is 0 Å². The Morgan fingerprint density at radius 1 is 0.929 bits per heavy atom. The lowest BCUT2D eigenvalue weighted by molar-refractivity contribution is 0.173. The van der Waals surface area contributed by atoms with Crippen LogP contribution in [0.3, 0.4) is 0 Å². The molecule has 0 amide bonds. The maximum Gasteiger partial charge on any atom is 0.00479 e. The molecule has 0 bridgehead atoms. The van der Waals surface area contributed by atoms with Gasteiger partial charge in [0, 0.05) is 5.25 Å². The lowest BCUT2D eigenvalue weighted by Gasteiger charge is -2.39. The largest absolute Gasteiger partial charge is 0.176 e. The van der Waals surface area contributed by atoms with Gasteiger partial charge in [0.25, 0.3) is 0 Å². The predicted octanol–water partition coefficient (Wildman–Crippen LogP) is 4.30. The second-order valence-electron chi connectivity index (χ2n) is 5.55. The second kappa shape index (κ2) is 4.92. The summed E-state index contributed by atoms with van der Waals surface area (Å²) in [6, 6.07) is 0. The van der Waals surface area contributed by atoms with E-state index >= 15 is 0 Å². The lowest BCUT2D eigenvalue weighted by atomic mass is 9.70. The molecule has 82 valence electrons. The van der Waals surface area contributed by atoms with Crippen molar-refractivity contribution >= 4 is 12.6 Å². The molecule has 3 atom stereocenters.